The predicted octanol–water partition coefficient (Wildman–Crippen LogP) is 3.89. The van der Waals surface area contributed by atoms with Crippen LogP contribution in [0.5, 0.6) is 11.5 Å². The molecule has 0 heterocycles. The molecule has 3 nitrogen and oxygen atoms in total. The minimum Gasteiger partial charge on any atom is -0.485 e. The van der Waals surface area contributed by atoms with E-state index in [4.69, 9.17) is 10.5 Å². The Morgan fingerprint density at radius 2 is 1.67 bits per heavy atom. The molecule has 0 bridgehead atoms. The van der Waals surface area contributed by atoms with Crippen LogP contribution in [-0.4, -0.2) is 6.36 Å². The van der Waals surface area contributed by atoms with E-state index < -0.39 is 17.9 Å². The molecular weight excluding hydrogens is 290 g/mol. The first-order valence-electron chi connectivity index (χ1n) is 5.86. The Hall–Kier alpha value is -2.44. The van der Waals surface area contributed by atoms with Gasteiger partial charge in [-0.15, -0.1) is 13.2 Å². The van der Waals surface area contributed by atoms with Crippen LogP contribution in [0.15, 0.2) is 42.5 Å². The third-order valence-corrected chi connectivity index (χ3v) is 2.45. The van der Waals surface area contributed by atoms with Crippen LogP contribution in [0.3, 0.4) is 0 Å². The topological polar surface area (TPSA) is 44.5 Å². The van der Waals surface area contributed by atoms with Crippen molar-refractivity contribution in [2.45, 2.75) is 13.0 Å². The Balaban J connectivity index is 2.13. The van der Waals surface area contributed by atoms with Crippen molar-refractivity contribution in [1.82, 2.24) is 0 Å². The van der Waals surface area contributed by atoms with Crippen molar-refractivity contribution in [3.63, 3.8) is 0 Å². The van der Waals surface area contributed by atoms with Crippen molar-refractivity contribution in [1.29, 1.82) is 0 Å². The first kappa shape index (κ1) is 15.0. The van der Waals surface area contributed by atoms with Crippen LogP contribution in [0.2, 0.25) is 0 Å². The molecule has 0 aliphatic rings. The molecule has 0 aliphatic heterocycles. The zero-order chi connectivity index (χ0) is 15.5. The second-order valence-electron chi connectivity index (χ2n) is 4.18. The maximum atomic E-state index is 13.1. The van der Waals surface area contributed by atoms with Crippen LogP contribution < -0.4 is 15.2 Å². The van der Waals surface area contributed by atoms with Gasteiger partial charge in [-0.25, -0.2) is 4.39 Å². The Bertz CT molecular complexity index is 608. The zero-order valence-corrected chi connectivity index (χ0v) is 10.7. The number of rotatable bonds is 4. The summed E-state index contributed by atoms with van der Waals surface area (Å²) >= 11 is 0. The number of alkyl halides is 3. The van der Waals surface area contributed by atoms with E-state index in [1.807, 2.05) is 0 Å². The van der Waals surface area contributed by atoms with Gasteiger partial charge in [0.05, 0.1) is 0 Å². The average molecular weight is 301 g/mol. The molecule has 0 atom stereocenters. The van der Waals surface area contributed by atoms with Gasteiger partial charge in [0.15, 0.2) is 11.5 Å². The standard InChI is InChI=1S/C14H11F4NO2/c15-10-5-9(6-11(19)7-10)8-20-12-3-1-2-4-13(12)21-14(16,17)18/h1-7H,8,19H2. The molecular formula is C14H11F4NO2. The molecule has 0 radical (unpaired) electrons. The summed E-state index contributed by atoms with van der Waals surface area (Å²) in [6.07, 6.45) is -4.82. The lowest BCUT2D eigenvalue weighted by atomic mass is 10.2. The van der Waals surface area contributed by atoms with E-state index in [1.54, 1.807) is 0 Å². The third kappa shape index (κ3) is 4.55. The highest BCUT2D eigenvalue weighted by molar-refractivity contribution is 5.42. The highest BCUT2D eigenvalue weighted by atomic mass is 19.4. The van der Waals surface area contributed by atoms with Crippen molar-refractivity contribution in [3.8, 4) is 11.5 Å². The number of ether oxygens (including phenoxy) is 2. The fourth-order valence-corrected chi connectivity index (χ4v) is 1.70. The molecule has 2 rings (SSSR count). The summed E-state index contributed by atoms with van der Waals surface area (Å²) in [7, 11) is 0. The molecule has 0 saturated heterocycles. The van der Waals surface area contributed by atoms with Crippen LogP contribution in [0.4, 0.5) is 23.2 Å². The molecule has 0 unspecified atom stereocenters. The molecule has 21 heavy (non-hydrogen) atoms. The number of hydrogen-bond donors (Lipinski definition) is 1. The summed E-state index contributed by atoms with van der Waals surface area (Å²) in [5.74, 6) is -1.11. The lowest BCUT2D eigenvalue weighted by Gasteiger charge is -2.14. The molecule has 7 heteroatoms. The number of nitrogens with two attached hydrogens (primary N) is 1. The number of halogens is 4. The number of nitrogen functional groups attached to an aromatic ring is 1. The van der Waals surface area contributed by atoms with Gasteiger partial charge >= 0.3 is 6.36 Å². The van der Waals surface area contributed by atoms with Crippen molar-refractivity contribution in [2.24, 2.45) is 0 Å². The van der Waals surface area contributed by atoms with Gasteiger partial charge in [0, 0.05) is 5.69 Å². The first-order chi connectivity index (χ1) is 9.83. The monoisotopic (exact) mass is 301 g/mol. The maximum Gasteiger partial charge on any atom is 0.573 e. The Kier molecular flexibility index (Phi) is 4.21. The first-order valence-corrected chi connectivity index (χ1v) is 5.86. The number of para-hydroxylation sites is 2. The molecule has 2 aromatic carbocycles. The van der Waals surface area contributed by atoms with E-state index in [9.17, 15) is 17.6 Å². The van der Waals surface area contributed by atoms with Crippen LogP contribution in [0, 0.1) is 5.82 Å². The Morgan fingerprint density at radius 3 is 2.29 bits per heavy atom. The summed E-state index contributed by atoms with van der Waals surface area (Å²) in [4.78, 5) is 0. The van der Waals surface area contributed by atoms with Gasteiger partial charge in [0.2, 0.25) is 0 Å². The molecule has 0 aromatic heterocycles. The van der Waals surface area contributed by atoms with Gasteiger partial charge in [-0.05, 0) is 35.9 Å². The van der Waals surface area contributed by atoms with Gasteiger partial charge in [0.25, 0.3) is 0 Å². The normalized spacial score (nSPS) is 11.2. The summed E-state index contributed by atoms with van der Waals surface area (Å²) in [6, 6.07) is 9.11. The fourth-order valence-electron chi connectivity index (χ4n) is 1.70. The van der Waals surface area contributed by atoms with Crippen molar-refractivity contribution in [3.05, 3.63) is 53.8 Å². The molecule has 2 N–H and O–H groups in total. The summed E-state index contributed by atoms with van der Waals surface area (Å²) in [5.41, 5.74) is 6.07. The highest BCUT2D eigenvalue weighted by Gasteiger charge is 2.32. The van der Waals surface area contributed by atoms with Crippen molar-refractivity contribution >= 4 is 5.69 Å². The van der Waals surface area contributed by atoms with Gasteiger partial charge in [0.1, 0.15) is 12.4 Å². The second kappa shape index (κ2) is 5.90. The molecule has 0 spiro atoms. The lowest BCUT2D eigenvalue weighted by Crippen LogP contribution is -2.17. The largest absolute Gasteiger partial charge is 0.573 e. The van der Waals surface area contributed by atoms with Crippen LogP contribution in [0.25, 0.3) is 0 Å². The molecule has 0 fully saturated rings. The summed E-state index contributed by atoms with van der Waals surface area (Å²) in [5, 5.41) is 0. The fraction of sp³-hybridized carbons (Fsp3) is 0.143. The van der Waals surface area contributed by atoms with E-state index in [0.29, 0.717) is 5.56 Å². The minimum absolute atomic E-state index is 0.0994. The SMILES string of the molecule is Nc1cc(F)cc(COc2ccccc2OC(F)(F)F)c1. The predicted molar refractivity (Wildman–Crippen MR) is 68.3 cm³/mol. The van der Waals surface area contributed by atoms with E-state index in [0.717, 1.165) is 12.1 Å². The smallest absolute Gasteiger partial charge is 0.485 e. The van der Waals surface area contributed by atoms with Gasteiger partial charge in [-0.3, -0.25) is 0 Å². The maximum absolute atomic E-state index is 13.1. The van der Waals surface area contributed by atoms with E-state index >= 15 is 0 Å². The highest BCUT2D eigenvalue weighted by Crippen LogP contribution is 2.32. The molecule has 2 aromatic rings. The zero-order valence-electron chi connectivity index (χ0n) is 10.7. The van der Waals surface area contributed by atoms with Gasteiger partial charge in [-0.2, -0.15) is 0 Å². The van der Waals surface area contributed by atoms with E-state index in [2.05, 4.69) is 4.74 Å². The van der Waals surface area contributed by atoms with Crippen molar-refractivity contribution < 1.29 is 27.0 Å². The minimum atomic E-state index is -4.82. The quantitative estimate of drug-likeness (QED) is 0.688. The van der Waals surface area contributed by atoms with Gasteiger partial charge < -0.3 is 15.2 Å². The van der Waals surface area contributed by atoms with Crippen LogP contribution in [-0.2, 0) is 6.61 Å². The van der Waals surface area contributed by atoms with Crippen LogP contribution >= 0.6 is 0 Å². The van der Waals surface area contributed by atoms with Gasteiger partial charge in [-0.1, -0.05) is 12.1 Å². The lowest BCUT2D eigenvalue weighted by molar-refractivity contribution is -0.275. The van der Waals surface area contributed by atoms with E-state index in [-0.39, 0.29) is 18.0 Å². The number of hydrogen-bond acceptors (Lipinski definition) is 3. The molecule has 0 aliphatic carbocycles. The Labute approximate surface area is 117 Å². The third-order valence-electron chi connectivity index (χ3n) is 2.45. The van der Waals surface area contributed by atoms with Crippen molar-refractivity contribution in [2.75, 3.05) is 5.73 Å². The number of anilines is 1. The average Bonchev–Trinajstić information content (AvgIpc) is 2.35. The summed E-state index contributed by atoms with van der Waals surface area (Å²) in [6.45, 7) is -0.139. The second-order valence-corrected chi connectivity index (χ2v) is 4.18. The van der Waals surface area contributed by atoms with E-state index in [1.165, 1.54) is 30.3 Å². The molecule has 112 valence electrons. The Morgan fingerprint density at radius 1 is 1.00 bits per heavy atom. The molecule has 0 amide bonds. The summed E-state index contributed by atoms with van der Waals surface area (Å²) < 4.78 is 59.0. The van der Waals surface area contributed by atoms with Crippen LogP contribution in [0.1, 0.15) is 5.56 Å². The number of benzene rings is 2. The molecule has 0 saturated carbocycles.